The Morgan fingerprint density at radius 2 is 1.71 bits per heavy atom. The maximum atomic E-state index is 10.7. The molecule has 200 valence electrons. The first kappa shape index (κ1) is 26.3. The second kappa shape index (κ2) is 12.0. The van der Waals surface area contributed by atoms with Crippen molar-refractivity contribution in [1.29, 1.82) is 0 Å². The lowest BCUT2D eigenvalue weighted by atomic mass is 9.77. The summed E-state index contributed by atoms with van der Waals surface area (Å²) in [5.41, 5.74) is 12.9. The first-order valence-electron chi connectivity index (χ1n) is 13.7. The van der Waals surface area contributed by atoms with E-state index >= 15 is 0 Å². The van der Waals surface area contributed by atoms with Gasteiger partial charge in [-0.05, 0) is 83.7 Å². The molecule has 1 heterocycles. The van der Waals surface area contributed by atoms with Gasteiger partial charge < -0.3 is 25.2 Å². The molecule has 1 saturated carbocycles. The number of hydrogen-bond donors (Lipinski definition) is 2. The summed E-state index contributed by atoms with van der Waals surface area (Å²) in [7, 11) is 0. The molecule has 1 saturated heterocycles. The summed E-state index contributed by atoms with van der Waals surface area (Å²) in [5, 5.41) is 9.57. The number of para-hydroxylation sites is 1. The molecule has 3 aromatic carbocycles. The second-order valence-corrected chi connectivity index (χ2v) is 10.8. The zero-order chi connectivity index (χ0) is 26.4. The first-order chi connectivity index (χ1) is 18.6. The number of anilines is 1. The maximum Gasteiger partial charge on any atom is 0.293 e. The SMILES string of the molecule is NC(CO)c1cccc(-c2cc(COc3ccccc3COC=O)cc(N3CCC4(CCCC4)CC3)c2)c1. The summed E-state index contributed by atoms with van der Waals surface area (Å²) in [6.07, 6.45) is 8.03. The molecule has 0 amide bonds. The molecule has 5 rings (SSSR count). The number of rotatable bonds is 10. The molecule has 0 radical (unpaired) electrons. The molecule has 6 nitrogen and oxygen atoms in total. The lowest BCUT2D eigenvalue weighted by Gasteiger charge is -2.40. The molecule has 0 aromatic heterocycles. The number of hydrogen-bond acceptors (Lipinski definition) is 6. The highest BCUT2D eigenvalue weighted by atomic mass is 16.5. The highest BCUT2D eigenvalue weighted by molar-refractivity contribution is 5.70. The van der Waals surface area contributed by atoms with Crippen LogP contribution >= 0.6 is 0 Å². The minimum absolute atomic E-state index is 0.0919. The van der Waals surface area contributed by atoms with Crippen LogP contribution < -0.4 is 15.4 Å². The van der Waals surface area contributed by atoms with Crippen LogP contribution in [0.4, 0.5) is 5.69 Å². The number of piperidine rings is 1. The van der Waals surface area contributed by atoms with Crippen LogP contribution in [0.2, 0.25) is 0 Å². The van der Waals surface area contributed by atoms with E-state index in [1.807, 2.05) is 36.4 Å². The van der Waals surface area contributed by atoms with Gasteiger partial charge in [-0.25, -0.2) is 0 Å². The van der Waals surface area contributed by atoms with E-state index in [1.54, 1.807) is 0 Å². The Labute approximate surface area is 225 Å². The van der Waals surface area contributed by atoms with E-state index in [-0.39, 0.29) is 13.2 Å². The van der Waals surface area contributed by atoms with Gasteiger partial charge in [-0.2, -0.15) is 0 Å². The normalized spacial score (nSPS) is 17.4. The molecule has 1 aliphatic heterocycles. The van der Waals surface area contributed by atoms with Crippen molar-refractivity contribution in [2.45, 2.75) is 57.8 Å². The zero-order valence-electron chi connectivity index (χ0n) is 22.0. The largest absolute Gasteiger partial charge is 0.488 e. The topological polar surface area (TPSA) is 85.0 Å². The van der Waals surface area contributed by atoms with Crippen LogP contribution in [0, 0.1) is 5.41 Å². The van der Waals surface area contributed by atoms with Gasteiger partial charge in [0, 0.05) is 24.3 Å². The summed E-state index contributed by atoms with van der Waals surface area (Å²) < 4.78 is 11.2. The average molecular weight is 515 g/mol. The van der Waals surface area contributed by atoms with Crippen molar-refractivity contribution in [2.75, 3.05) is 24.6 Å². The highest BCUT2D eigenvalue weighted by Crippen LogP contribution is 2.47. The Balaban J connectivity index is 1.43. The molecule has 1 atom stereocenters. The van der Waals surface area contributed by atoms with Crippen molar-refractivity contribution in [3.8, 4) is 16.9 Å². The average Bonchev–Trinajstić information content (AvgIpc) is 3.42. The number of ether oxygens (including phenoxy) is 2. The zero-order valence-corrected chi connectivity index (χ0v) is 22.0. The Bertz CT molecular complexity index is 1230. The van der Waals surface area contributed by atoms with Crippen LogP contribution in [0.3, 0.4) is 0 Å². The number of benzene rings is 3. The van der Waals surface area contributed by atoms with Crippen molar-refractivity contribution in [3.05, 3.63) is 83.4 Å². The Hall–Kier alpha value is -3.35. The van der Waals surface area contributed by atoms with Crippen molar-refractivity contribution in [3.63, 3.8) is 0 Å². The minimum atomic E-state index is -0.407. The van der Waals surface area contributed by atoms with Gasteiger partial charge in [0.15, 0.2) is 0 Å². The van der Waals surface area contributed by atoms with Crippen LogP contribution in [0.5, 0.6) is 5.75 Å². The van der Waals surface area contributed by atoms with E-state index in [0.717, 1.165) is 40.9 Å². The van der Waals surface area contributed by atoms with Crippen LogP contribution in [0.1, 0.15) is 61.3 Å². The van der Waals surface area contributed by atoms with Gasteiger partial charge in [0.2, 0.25) is 0 Å². The minimum Gasteiger partial charge on any atom is -0.488 e. The molecule has 6 heteroatoms. The summed E-state index contributed by atoms with van der Waals surface area (Å²) in [4.78, 5) is 13.2. The lowest BCUT2D eigenvalue weighted by Crippen LogP contribution is -2.38. The van der Waals surface area contributed by atoms with Gasteiger partial charge in [-0.3, -0.25) is 4.79 Å². The molecule has 38 heavy (non-hydrogen) atoms. The van der Waals surface area contributed by atoms with Crippen LogP contribution in [-0.2, 0) is 22.7 Å². The fourth-order valence-corrected chi connectivity index (χ4v) is 6.07. The second-order valence-electron chi connectivity index (χ2n) is 10.8. The van der Waals surface area contributed by atoms with E-state index < -0.39 is 6.04 Å². The van der Waals surface area contributed by atoms with Crippen LogP contribution in [-0.4, -0.2) is 31.3 Å². The van der Waals surface area contributed by atoms with Crippen molar-refractivity contribution in [2.24, 2.45) is 11.1 Å². The number of carbonyl (C=O) groups excluding carboxylic acids is 1. The number of aliphatic hydroxyl groups is 1. The molecule has 2 fully saturated rings. The molecule has 1 spiro atoms. The third-order valence-corrected chi connectivity index (χ3v) is 8.35. The summed E-state index contributed by atoms with van der Waals surface area (Å²) in [6.45, 7) is 3.09. The van der Waals surface area contributed by atoms with E-state index in [2.05, 4.69) is 35.2 Å². The monoisotopic (exact) mass is 514 g/mol. The number of aliphatic hydroxyl groups excluding tert-OH is 1. The third-order valence-electron chi connectivity index (χ3n) is 8.35. The van der Waals surface area contributed by atoms with E-state index in [1.165, 1.54) is 44.2 Å². The van der Waals surface area contributed by atoms with Crippen molar-refractivity contribution in [1.82, 2.24) is 0 Å². The van der Waals surface area contributed by atoms with Crippen molar-refractivity contribution >= 4 is 12.2 Å². The summed E-state index contributed by atoms with van der Waals surface area (Å²) in [5.74, 6) is 0.707. The smallest absolute Gasteiger partial charge is 0.293 e. The molecule has 2 aliphatic rings. The maximum absolute atomic E-state index is 10.7. The lowest BCUT2D eigenvalue weighted by molar-refractivity contribution is -0.129. The predicted molar refractivity (Wildman–Crippen MR) is 150 cm³/mol. The molecule has 1 aliphatic carbocycles. The van der Waals surface area contributed by atoms with Crippen LogP contribution in [0.15, 0.2) is 66.7 Å². The molecular formula is C32H38N2O4. The van der Waals surface area contributed by atoms with Gasteiger partial charge in [0.1, 0.15) is 19.0 Å². The highest BCUT2D eigenvalue weighted by Gasteiger charge is 2.37. The molecular weight excluding hydrogens is 476 g/mol. The predicted octanol–water partition coefficient (Wildman–Crippen LogP) is 5.76. The van der Waals surface area contributed by atoms with Gasteiger partial charge >= 0.3 is 0 Å². The third kappa shape index (κ3) is 6.03. The molecule has 1 unspecified atom stereocenters. The Kier molecular flexibility index (Phi) is 8.30. The van der Waals surface area contributed by atoms with Gasteiger partial charge in [-0.15, -0.1) is 0 Å². The number of nitrogens with zero attached hydrogens (tertiary/aromatic N) is 1. The number of carbonyl (C=O) groups is 1. The fourth-order valence-electron chi connectivity index (χ4n) is 6.07. The van der Waals surface area contributed by atoms with Gasteiger partial charge in [0.05, 0.1) is 12.6 Å². The van der Waals surface area contributed by atoms with Gasteiger partial charge in [-0.1, -0.05) is 49.2 Å². The van der Waals surface area contributed by atoms with E-state index in [0.29, 0.717) is 24.2 Å². The fraction of sp³-hybridized carbons (Fsp3) is 0.406. The first-order valence-corrected chi connectivity index (χ1v) is 13.7. The van der Waals surface area contributed by atoms with E-state index in [4.69, 9.17) is 15.2 Å². The molecule has 3 N–H and O–H groups in total. The molecule has 3 aromatic rings. The quantitative estimate of drug-likeness (QED) is 0.335. The summed E-state index contributed by atoms with van der Waals surface area (Å²) >= 11 is 0. The standard InChI is InChI=1S/C32H38N2O4/c33-30(20-35)26-8-5-7-25(18-26)28-16-24(21-38-31-9-2-1-6-27(31)22-37-23-36)17-29(19-28)34-14-12-32(13-15-34)10-3-4-11-32/h1-2,5-9,16-19,23,30,35H,3-4,10-15,20-22,33H2. The Morgan fingerprint density at radius 1 is 0.921 bits per heavy atom. The molecule has 0 bridgehead atoms. The van der Waals surface area contributed by atoms with Crippen LogP contribution in [0.25, 0.3) is 11.1 Å². The summed E-state index contributed by atoms with van der Waals surface area (Å²) in [6, 6.07) is 22.0. The van der Waals surface area contributed by atoms with Crippen molar-refractivity contribution < 1.29 is 19.4 Å². The van der Waals surface area contributed by atoms with E-state index in [9.17, 15) is 9.90 Å². The Morgan fingerprint density at radius 3 is 2.47 bits per heavy atom. The van der Waals surface area contributed by atoms with Gasteiger partial charge in [0.25, 0.3) is 6.47 Å². The number of nitrogens with two attached hydrogens (primary N) is 1.